The van der Waals surface area contributed by atoms with Gasteiger partial charge in [-0.25, -0.2) is 4.79 Å². The molecule has 138 valence electrons. The van der Waals surface area contributed by atoms with Gasteiger partial charge >= 0.3 is 5.97 Å². The molecule has 5 nitrogen and oxygen atoms in total. The Morgan fingerprint density at radius 3 is 2.54 bits per heavy atom. The lowest BCUT2D eigenvalue weighted by atomic mass is 10.0. The van der Waals surface area contributed by atoms with Gasteiger partial charge in [-0.15, -0.1) is 0 Å². The van der Waals surface area contributed by atoms with Crippen LogP contribution in [-0.2, 0) is 14.3 Å². The van der Waals surface area contributed by atoms with Crippen LogP contribution in [0.3, 0.4) is 0 Å². The molecular formula is C20H22BrNO4. The normalized spacial score (nSPS) is 11.5. The van der Waals surface area contributed by atoms with Crippen LogP contribution in [0, 0.1) is 13.8 Å². The van der Waals surface area contributed by atoms with Gasteiger partial charge in [0.15, 0.2) is 13.2 Å². The van der Waals surface area contributed by atoms with Gasteiger partial charge in [0.1, 0.15) is 5.75 Å². The van der Waals surface area contributed by atoms with Crippen molar-refractivity contribution in [2.75, 3.05) is 13.2 Å². The van der Waals surface area contributed by atoms with E-state index >= 15 is 0 Å². The van der Waals surface area contributed by atoms with E-state index in [9.17, 15) is 9.59 Å². The number of hydrogen-bond donors (Lipinski definition) is 1. The molecule has 6 heteroatoms. The van der Waals surface area contributed by atoms with E-state index in [4.69, 9.17) is 9.47 Å². The largest absolute Gasteiger partial charge is 0.482 e. The van der Waals surface area contributed by atoms with Gasteiger partial charge in [-0.05, 0) is 55.7 Å². The van der Waals surface area contributed by atoms with Crippen molar-refractivity contribution in [2.45, 2.75) is 26.8 Å². The van der Waals surface area contributed by atoms with Gasteiger partial charge in [0.25, 0.3) is 5.91 Å². The smallest absolute Gasteiger partial charge is 0.344 e. The van der Waals surface area contributed by atoms with E-state index < -0.39 is 5.97 Å². The summed E-state index contributed by atoms with van der Waals surface area (Å²) in [7, 11) is 0. The van der Waals surface area contributed by atoms with Gasteiger partial charge in [-0.3, -0.25) is 4.79 Å². The Bertz CT molecular complexity index is 791. The van der Waals surface area contributed by atoms with E-state index in [0.29, 0.717) is 5.75 Å². The molecule has 0 aliphatic rings. The lowest BCUT2D eigenvalue weighted by Crippen LogP contribution is -2.32. The van der Waals surface area contributed by atoms with Crippen molar-refractivity contribution in [3.05, 3.63) is 63.6 Å². The summed E-state index contributed by atoms with van der Waals surface area (Å²) in [4.78, 5) is 23.7. The SMILES string of the molecule is Cc1ccc([C@H](C)NC(=O)COC(=O)COc2cccc(Br)c2)cc1C. The minimum atomic E-state index is -0.598. The van der Waals surface area contributed by atoms with Crippen molar-refractivity contribution in [1.29, 1.82) is 0 Å². The van der Waals surface area contributed by atoms with Gasteiger partial charge in [0.05, 0.1) is 6.04 Å². The molecule has 0 unspecified atom stereocenters. The molecule has 26 heavy (non-hydrogen) atoms. The highest BCUT2D eigenvalue weighted by atomic mass is 79.9. The molecule has 0 saturated carbocycles. The quantitative estimate of drug-likeness (QED) is 0.691. The van der Waals surface area contributed by atoms with Gasteiger partial charge in [0, 0.05) is 4.47 Å². The molecule has 2 aromatic rings. The number of amides is 1. The van der Waals surface area contributed by atoms with Crippen molar-refractivity contribution >= 4 is 27.8 Å². The number of ether oxygens (including phenoxy) is 2. The Hall–Kier alpha value is -2.34. The van der Waals surface area contributed by atoms with Crippen LogP contribution in [0.2, 0.25) is 0 Å². The van der Waals surface area contributed by atoms with Crippen LogP contribution < -0.4 is 10.1 Å². The molecule has 1 atom stereocenters. The number of benzene rings is 2. The summed E-state index contributed by atoms with van der Waals surface area (Å²) in [5, 5.41) is 2.82. The van der Waals surface area contributed by atoms with Gasteiger partial charge in [-0.1, -0.05) is 40.2 Å². The second-order valence-electron chi connectivity index (χ2n) is 6.04. The third-order valence-electron chi connectivity index (χ3n) is 3.93. The summed E-state index contributed by atoms with van der Waals surface area (Å²) in [5.41, 5.74) is 3.37. The molecule has 0 heterocycles. The highest BCUT2D eigenvalue weighted by Crippen LogP contribution is 2.18. The van der Waals surface area contributed by atoms with Crippen LogP contribution in [0.1, 0.15) is 29.7 Å². The minimum Gasteiger partial charge on any atom is -0.482 e. The van der Waals surface area contributed by atoms with E-state index in [1.165, 1.54) is 11.1 Å². The number of hydrogen-bond acceptors (Lipinski definition) is 4. The van der Waals surface area contributed by atoms with Crippen molar-refractivity contribution in [1.82, 2.24) is 5.32 Å². The van der Waals surface area contributed by atoms with E-state index in [0.717, 1.165) is 10.0 Å². The van der Waals surface area contributed by atoms with Gasteiger partial charge in [-0.2, -0.15) is 0 Å². The van der Waals surface area contributed by atoms with E-state index in [1.54, 1.807) is 18.2 Å². The number of carbonyl (C=O) groups excluding carboxylic acids is 2. The Morgan fingerprint density at radius 1 is 1.08 bits per heavy atom. The van der Waals surface area contributed by atoms with Crippen LogP contribution >= 0.6 is 15.9 Å². The zero-order chi connectivity index (χ0) is 19.1. The first kappa shape index (κ1) is 20.0. The van der Waals surface area contributed by atoms with Crippen molar-refractivity contribution in [2.24, 2.45) is 0 Å². The van der Waals surface area contributed by atoms with E-state index in [-0.39, 0.29) is 25.2 Å². The lowest BCUT2D eigenvalue weighted by Gasteiger charge is -2.16. The molecule has 0 fully saturated rings. The highest BCUT2D eigenvalue weighted by molar-refractivity contribution is 9.10. The molecule has 0 aromatic heterocycles. The van der Waals surface area contributed by atoms with Crippen LogP contribution in [0.4, 0.5) is 0 Å². The fourth-order valence-electron chi connectivity index (χ4n) is 2.29. The van der Waals surface area contributed by atoms with E-state index in [2.05, 4.69) is 21.2 Å². The second kappa shape index (κ2) is 9.38. The molecule has 1 N–H and O–H groups in total. The van der Waals surface area contributed by atoms with Crippen molar-refractivity contribution in [3.63, 3.8) is 0 Å². The predicted molar refractivity (Wildman–Crippen MR) is 103 cm³/mol. The average Bonchev–Trinajstić information content (AvgIpc) is 2.60. The summed E-state index contributed by atoms with van der Waals surface area (Å²) < 4.78 is 11.1. The predicted octanol–water partition coefficient (Wildman–Crippen LogP) is 3.87. The van der Waals surface area contributed by atoms with Gasteiger partial charge in [0.2, 0.25) is 0 Å². The zero-order valence-corrected chi connectivity index (χ0v) is 16.6. The Labute approximate surface area is 161 Å². The fourth-order valence-corrected chi connectivity index (χ4v) is 2.67. The van der Waals surface area contributed by atoms with Crippen LogP contribution in [0.25, 0.3) is 0 Å². The Balaban J connectivity index is 1.75. The number of nitrogens with one attached hydrogen (secondary N) is 1. The first-order chi connectivity index (χ1) is 12.3. The van der Waals surface area contributed by atoms with Crippen LogP contribution in [0.15, 0.2) is 46.9 Å². The van der Waals surface area contributed by atoms with Crippen molar-refractivity contribution < 1.29 is 19.1 Å². The maximum atomic E-state index is 12.0. The Morgan fingerprint density at radius 2 is 1.85 bits per heavy atom. The zero-order valence-electron chi connectivity index (χ0n) is 15.0. The first-order valence-corrected chi connectivity index (χ1v) is 9.05. The second-order valence-corrected chi connectivity index (χ2v) is 6.96. The maximum Gasteiger partial charge on any atom is 0.344 e. The third-order valence-corrected chi connectivity index (χ3v) is 4.42. The van der Waals surface area contributed by atoms with Crippen LogP contribution in [-0.4, -0.2) is 25.1 Å². The molecule has 0 aliphatic heterocycles. The monoisotopic (exact) mass is 419 g/mol. The summed E-state index contributed by atoms with van der Waals surface area (Å²) in [6.45, 7) is 5.37. The molecule has 2 aromatic carbocycles. The molecule has 1 amide bonds. The number of aryl methyl sites for hydroxylation is 2. The number of halogens is 1. The molecule has 2 rings (SSSR count). The standard InChI is InChI=1S/C20H22BrNO4/c1-13-7-8-16(9-14(13)2)15(3)22-19(23)11-26-20(24)12-25-18-6-4-5-17(21)10-18/h4-10,15H,11-12H2,1-3H3,(H,22,23)/t15-/m0/s1. The molecule has 0 radical (unpaired) electrons. The lowest BCUT2D eigenvalue weighted by molar-refractivity contribution is -0.150. The summed E-state index contributed by atoms with van der Waals surface area (Å²) >= 11 is 3.32. The third kappa shape index (κ3) is 6.19. The molecule has 0 bridgehead atoms. The summed E-state index contributed by atoms with van der Waals surface area (Å²) in [5.74, 6) is -0.408. The minimum absolute atomic E-state index is 0.168. The molecular weight excluding hydrogens is 398 g/mol. The van der Waals surface area contributed by atoms with Crippen LogP contribution in [0.5, 0.6) is 5.75 Å². The molecule has 0 spiro atoms. The molecule has 0 saturated heterocycles. The van der Waals surface area contributed by atoms with E-state index in [1.807, 2.05) is 45.0 Å². The van der Waals surface area contributed by atoms with Crippen molar-refractivity contribution in [3.8, 4) is 5.75 Å². The number of carbonyl (C=O) groups is 2. The maximum absolute atomic E-state index is 12.0. The van der Waals surface area contributed by atoms with Gasteiger partial charge < -0.3 is 14.8 Å². The molecule has 0 aliphatic carbocycles. The summed E-state index contributed by atoms with van der Waals surface area (Å²) in [6.07, 6.45) is 0. The topological polar surface area (TPSA) is 64.6 Å². The first-order valence-electron chi connectivity index (χ1n) is 8.25. The average molecular weight is 420 g/mol. The highest BCUT2D eigenvalue weighted by Gasteiger charge is 2.13. The summed E-state index contributed by atoms with van der Waals surface area (Å²) in [6, 6.07) is 13.0. The number of esters is 1. The number of rotatable bonds is 7. The fraction of sp³-hybridized carbons (Fsp3) is 0.300. The Kier molecular flexibility index (Phi) is 7.21.